The lowest BCUT2D eigenvalue weighted by atomic mass is 10.0. The first-order chi connectivity index (χ1) is 14.3. The molecule has 0 fully saturated rings. The van der Waals surface area contributed by atoms with Crippen LogP contribution in [0, 0.1) is 17.6 Å². The van der Waals surface area contributed by atoms with Gasteiger partial charge in [0.15, 0.2) is 0 Å². The quantitative estimate of drug-likeness (QED) is 0.577. The Labute approximate surface area is 175 Å². The van der Waals surface area contributed by atoms with Crippen LogP contribution in [0.4, 0.5) is 8.78 Å². The number of hydrogen-bond acceptors (Lipinski definition) is 4. The fourth-order valence-electron chi connectivity index (χ4n) is 2.76. The number of benzene rings is 1. The normalized spacial score (nSPS) is 11.8. The summed E-state index contributed by atoms with van der Waals surface area (Å²) in [4.78, 5) is 29.3. The third-order valence-electron chi connectivity index (χ3n) is 4.47. The molecule has 0 bridgehead atoms. The third-order valence-corrected chi connectivity index (χ3v) is 4.47. The Balaban J connectivity index is 2.06. The number of hydrogen-bond donors (Lipinski definition) is 2. The van der Waals surface area contributed by atoms with Crippen LogP contribution in [0.2, 0.25) is 0 Å². The Morgan fingerprint density at radius 3 is 2.47 bits per heavy atom. The van der Waals surface area contributed by atoms with Crippen LogP contribution in [0.25, 0.3) is 0 Å². The molecular weight excluding hydrogens is 392 g/mol. The molecule has 0 spiro atoms. The minimum Gasteiger partial charge on any atom is -0.477 e. The van der Waals surface area contributed by atoms with Crippen molar-refractivity contribution < 1.29 is 23.1 Å². The molecule has 0 aliphatic heterocycles. The molecular formula is C22H27F2N3O3. The second-order valence-electron chi connectivity index (χ2n) is 7.18. The van der Waals surface area contributed by atoms with Crippen LogP contribution in [0.3, 0.4) is 0 Å². The number of rotatable bonds is 10. The van der Waals surface area contributed by atoms with Crippen molar-refractivity contribution in [1.82, 2.24) is 15.6 Å². The van der Waals surface area contributed by atoms with Crippen molar-refractivity contribution in [1.29, 1.82) is 0 Å². The molecule has 2 amide bonds. The number of pyridine rings is 1. The molecule has 2 rings (SSSR count). The van der Waals surface area contributed by atoms with Gasteiger partial charge in [-0.1, -0.05) is 39.3 Å². The monoisotopic (exact) mass is 419 g/mol. The molecule has 1 atom stereocenters. The van der Waals surface area contributed by atoms with Crippen LogP contribution >= 0.6 is 0 Å². The predicted molar refractivity (Wildman–Crippen MR) is 109 cm³/mol. The van der Waals surface area contributed by atoms with Crippen LogP contribution in [0.15, 0.2) is 36.5 Å². The van der Waals surface area contributed by atoms with E-state index in [1.807, 2.05) is 0 Å². The van der Waals surface area contributed by atoms with E-state index in [9.17, 15) is 18.4 Å². The van der Waals surface area contributed by atoms with Crippen LogP contribution in [0.1, 0.15) is 49.5 Å². The molecule has 2 N–H and O–H groups in total. The third kappa shape index (κ3) is 6.23. The lowest BCUT2D eigenvalue weighted by Crippen LogP contribution is -2.49. The summed E-state index contributed by atoms with van der Waals surface area (Å²) in [6, 6.07) is 5.69. The van der Waals surface area contributed by atoms with E-state index in [-0.39, 0.29) is 12.5 Å². The van der Waals surface area contributed by atoms with Crippen molar-refractivity contribution in [3.8, 4) is 5.88 Å². The molecule has 162 valence electrons. The molecule has 0 saturated heterocycles. The van der Waals surface area contributed by atoms with Gasteiger partial charge in [-0.15, -0.1) is 0 Å². The maximum Gasteiger partial charge on any atom is 0.257 e. The van der Waals surface area contributed by atoms with E-state index in [2.05, 4.69) is 22.5 Å². The summed E-state index contributed by atoms with van der Waals surface area (Å²) in [7, 11) is 0. The molecule has 0 saturated carbocycles. The molecule has 1 aromatic heterocycles. The summed E-state index contributed by atoms with van der Waals surface area (Å²) in [5.74, 6) is -3.30. The number of aromatic nitrogens is 1. The van der Waals surface area contributed by atoms with E-state index in [0.717, 1.165) is 25.0 Å². The largest absolute Gasteiger partial charge is 0.477 e. The Kier molecular flexibility index (Phi) is 8.70. The molecule has 2 aromatic rings. The van der Waals surface area contributed by atoms with E-state index in [4.69, 9.17) is 4.74 Å². The first-order valence-electron chi connectivity index (χ1n) is 9.94. The summed E-state index contributed by atoms with van der Waals surface area (Å²) in [6.07, 6.45) is 3.47. The maximum absolute atomic E-state index is 13.9. The SMILES string of the molecule is CCCCOc1ncccc1CNC(=O)C(NC(=O)c1c(F)cccc1F)C(C)C. The zero-order chi connectivity index (χ0) is 22.1. The molecule has 1 heterocycles. The number of halogens is 2. The van der Waals surface area contributed by atoms with Gasteiger partial charge in [-0.05, 0) is 30.5 Å². The number of nitrogens with one attached hydrogen (secondary N) is 2. The molecule has 1 unspecified atom stereocenters. The van der Waals surface area contributed by atoms with Crippen LogP contribution in [-0.4, -0.2) is 29.4 Å². The van der Waals surface area contributed by atoms with Crippen molar-refractivity contribution in [3.63, 3.8) is 0 Å². The molecule has 0 radical (unpaired) electrons. The number of carbonyl (C=O) groups is 2. The summed E-state index contributed by atoms with van der Waals surface area (Å²) in [6.45, 7) is 6.17. The first-order valence-corrected chi connectivity index (χ1v) is 9.94. The van der Waals surface area contributed by atoms with E-state index in [0.29, 0.717) is 18.1 Å². The summed E-state index contributed by atoms with van der Waals surface area (Å²) in [5, 5.41) is 5.17. The van der Waals surface area contributed by atoms with Crippen molar-refractivity contribution in [2.24, 2.45) is 5.92 Å². The van der Waals surface area contributed by atoms with E-state index in [1.165, 1.54) is 6.07 Å². The van der Waals surface area contributed by atoms with Crippen LogP contribution < -0.4 is 15.4 Å². The Hall–Kier alpha value is -3.03. The second-order valence-corrected chi connectivity index (χ2v) is 7.18. The number of ether oxygens (including phenoxy) is 1. The lowest BCUT2D eigenvalue weighted by molar-refractivity contribution is -0.124. The minimum atomic E-state index is -0.986. The Morgan fingerprint density at radius 1 is 1.13 bits per heavy atom. The van der Waals surface area contributed by atoms with Crippen molar-refractivity contribution in [2.45, 2.75) is 46.2 Å². The van der Waals surface area contributed by atoms with E-state index >= 15 is 0 Å². The predicted octanol–water partition coefficient (Wildman–Crippen LogP) is 3.61. The summed E-state index contributed by atoms with van der Waals surface area (Å²) >= 11 is 0. The van der Waals surface area contributed by atoms with Gasteiger partial charge in [-0.3, -0.25) is 9.59 Å². The van der Waals surface area contributed by atoms with Gasteiger partial charge in [0.25, 0.3) is 5.91 Å². The molecule has 6 nitrogen and oxygen atoms in total. The Morgan fingerprint density at radius 2 is 1.83 bits per heavy atom. The highest BCUT2D eigenvalue weighted by atomic mass is 19.1. The Bertz CT molecular complexity index is 854. The average molecular weight is 419 g/mol. The fourth-order valence-corrected chi connectivity index (χ4v) is 2.76. The highest BCUT2D eigenvalue weighted by Crippen LogP contribution is 2.16. The number of nitrogens with zero attached hydrogens (tertiary/aromatic N) is 1. The van der Waals surface area contributed by atoms with Gasteiger partial charge in [-0.2, -0.15) is 0 Å². The van der Waals surface area contributed by atoms with Gasteiger partial charge in [0.1, 0.15) is 23.2 Å². The van der Waals surface area contributed by atoms with Gasteiger partial charge < -0.3 is 15.4 Å². The van der Waals surface area contributed by atoms with Crippen LogP contribution in [0.5, 0.6) is 5.88 Å². The van der Waals surface area contributed by atoms with E-state index < -0.39 is 35.1 Å². The minimum absolute atomic E-state index is 0.140. The fraction of sp³-hybridized carbons (Fsp3) is 0.409. The zero-order valence-electron chi connectivity index (χ0n) is 17.4. The maximum atomic E-state index is 13.9. The highest BCUT2D eigenvalue weighted by Gasteiger charge is 2.27. The molecule has 8 heteroatoms. The van der Waals surface area contributed by atoms with E-state index in [1.54, 1.807) is 32.2 Å². The second kappa shape index (κ2) is 11.2. The van der Waals surface area contributed by atoms with Gasteiger partial charge in [0, 0.05) is 18.3 Å². The van der Waals surface area contributed by atoms with Gasteiger partial charge >= 0.3 is 0 Å². The van der Waals surface area contributed by atoms with Crippen LogP contribution in [-0.2, 0) is 11.3 Å². The average Bonchev–Trinajstić information content (AvgIpc) is 2.71. The number of unbranched alkanes of at least 4 members (excludes halogenated alkanes) is 1. The smallest absolute Gasteiger partial charge is 0.257 e. The lowest BCUT2D eigenvalue weighted by Gasteiger charge is -2.22. The molecule has 30 heavy (non-hydrogen) atoms. The van der Waals surface area contributed by atoms with Crippen molar-refractivity contribution >= 4 is 11.8 Å². The number of amides is 2. The topological polar surface area (TPSA) is 80.3 Å². The van der Waals surface area contributed by atoms with Gasteiger partial charge in [0.2, 0.25) is 11.8 Å². The zero-order valence-corrected chi connectivity index (χ0v) is 17.4. The number of carbonyl (C=O) groups excluding carboxylic acids is 2. The molecule has 0 aliphatic carbocycles. The standard InChI is InChI=1S/C22H27F2N3O3/c1-4-5-12-30-22-15(8-7-11-25-22)13-26-21(29)19(14(2)3)27-20(28)18-16(23)9-6-10-17(18)24/h6-11,14,19H,4-5,12-13H2,1-3H3,(H,26,29)(H,27,28). The van der Waals surface area contributed by atoms with Crippen molar-refractivity contribution in [2.75, 3.05) is 6.61 Å². The highest BCUT2D eigenvalue weighted by molar-refractivity contribution is 5.98. The van der Waals surface area contributed by atoms with Gasteiger partial charge in [0.05, 0.1) is 6.61 Å². The molecule has 1 aromatic carbocycles. The summed E-state index contributed by atoms with van der Waals surface area (Å²) < 4.78 is 33.4. The molecule has 0 aliphatic rings. The summed E-state index contributed by atoms with van der Waals surface area (Å²) in [5.41, 5.74) is -0.0225. The van der Waals surface area contributed by atoms with Gasteiger partial charge in [-0.25, -0.2) is 13.8 Å². The van der Waals surface area contributed by atoms with Crippen molar-refractivity contribution in [3.05, 3.63) is 59.3 Å². The first kappa shape index (κ1) is 23.3.